The van der Waals surface area contributed by atoms with Crippen molar-refractivity contribution in [3.63, 3.8) is 0 Å². The first kappa shape index (κ1) is 29.4. The molecule has 3 atom stereocenters. The minimum Gasteiger partial charge on any atom is -0.778 e. The van der Waals surface area contributed by atoms with E-state index in [0.29, 0.717) is 11.1 Å². The maximum absolute atomic E-state index is 11.7. The molecule has 6 N–H and O–H groups in total. The molecule has 0 heterocycles. The van der Waals surface area contributed by atoms with Crippen LogP contribution in [-0.4, -0.2) is 71.8 Å². The monoisotopic (exact) mass is 532 g/mol. The molecule has 2 aromatic rings. The number of hydrogen-bond acceptors (Lipinski definition) is 10. The fourth-order valence-electron chi connectivity index (χ4n) is 3.70. The average molecular weight is 532 g/mol. The molecule has 12 nitrogen and oxygen atoms in total. The zero-order chi connectivity index (χ0) is 26.4. The Morgan fingerprint density at radius 3 is 2.00 bits per heavy atom. The summed E-state index contributed by atoms with van der Waals surface area (Å²) >= 11 is 0. The number of aliphatic hydroxyl groups is 2. The van der Waals surface area contributed by atoms with Gasteiger partial charge in [-0.15, -0.1) is 0 Å². The highest BCUT2D eigenvalue weighted by Crippen LogP contribution is 2.35. The topological polar surface area (TPSA) is 208 Å². The molecule has 3 unspecified atom stereocenters. The number of aliphatic hydroxyl groups excluding tert-OH is 2. The van der Waals surface area contributed by atoms with Crippen molar-refractivity contribution in [1.82, 2.24) is 9.80 Å². The summed E-state index contributed by atoms with van der Waals surface area (Å²) in [7, 11) is -9.76. The van der Waals surface area contributed by atoms with Gasteiger partial charge in [-0.05, 0) is 30.7 Å². The van der Waals surface area contributed by atoms with Gasteiger partial charge in [0, 0.05) is 36.8 Å². The second-order valence-corrected chi connectivity index (χ2v) is 11.5. The van der Waals surface area contributed by atoms with Crippen LogP contribution in [0.1, 0.15) is 22.3 Å². The largest absolute Gasteiger partial charge is 0.778 e. The molecule has 0 saturated carbocycles. The highest BCUT2D eigenvalue weighted by atomic mass is 31.2. The van der Waals surface area contributed by atoms with Gasteiger partial charge < -0.3 is 49.1 Å². The molecule has 0 aromatic heterocycles. The second-order valence-electron chi connectivity index (χ2n) is 8.41. The van der Waals surface area contributed by atoms with Crippen LogP contribution in [0.3, 0.4) is 0 Å². The molecular weight excluding hydrogens is 502 g/mol. The number of hydrogen-bond donors (Lipinski definition) is 6. The first-order valence-electron chi connectivity index (χ1n) is 10.5. The van der Waals surface area contributed by atoms with E-state index in [-0.39, 0.29) is 43.3 Å². The number of nitrogens with zero attached hydrogens (tertiary/aromatic N) is 2. The number of rotatable bonds is 13. The summed E-state index contributed by atoms with van der Waals surface area (Å²) in [6.07, 6.45) is -1.79. The number of aryl methyl sites for hydroxylation is 1. The van der Waals surface area contributed by atoms with Crippen LogP contribution < -0.4 is 9.79 Å². The van der Waals surface area contributed by atoms with Crippen molar-refractivity contribution in [2.75, 3.05) is 25.7 Å². The Kier molecular flexibility index (Phi) is 10.4. The third-order valence-electron chi connectivity index (χ3n) is 5.26. The van der Waals surface area contributed by atoms with Crippen molar-refractivity contribution >= 4 is 15.2 Å². The van der Waals surface area contributed by atoms with E-state index in [9.17, 15) is 49.1 Å². The lowest BCUT2D eigenvalue weighted by Crippen LogP contribution is -2.47. The van der Waals surface area contributed by atoms with Crippen LogP contribution in [0.2, 0.25) is 0 Å². The Labute approximate surface area is 203 Å². The van der Waals surface area contributed by atoms with Gasteiger partial charge in [0.2, 0.25) is 0 Å². The normalized spacial score (nSPS) is 16.3. The summed E-state index contributed by atoms with van der Waals surface area (Å²) in [4.78, 5) is 44.7. The summed E-state index contributed by atoms with van der Waals surface area (Å²) in [5, 5.41) is 39.8. The Morgan fingerprint density at radius 2 is 1.46 bits per heavy atom. The average Bonchev–Trinajstić information content (AvgIpc) is 2.73. The fourth-order valence-corrected chi connectivity index (χ4v) is 5.21. The van der Waals surface area contributed by atoms with Crippen LogP contribution in [-0.2, 0) is 28.8 Å². The van der Waals surface area contributed by atoms with Crippen molar-refractivity contribution in [1.29, 1.82) is 0 Å². The van der Waals surface area contributed by atoms with E-state index in [2.05, 4.69) is 0 Å². The molecule has 35 heavy (non-hydrogen) atoms. The second kappa shape index (κ2) is 12.4. The maximum Gasteiger partial charge on any atom is 0.146 e. The molecule has 0 radical (unpaired) electrons. The Balaban J connectivity index is 2.38. The van der Waals surface area contributed by atoms with Crippen LogP contribution >= 0.6 is 15.2 Å². The number of aromatic hydroxyl groups is 2. The van der Waals surface area contributed by atoms with Crippen LogP contribution in [0.4, 0.5) is 0 Å². The third-order valence-corrected chi connectivity index (χ3v) is 6.74. The molecule has 0 saturated heterocycles. The molecule has 2 rings (SSSR count). The van der Waals surface area contributed by atoms with Gasteiger partial charge in [-0.1, -0.05) is 23.8 Å². The van der Waals surface area contributed by atoms with Crippen molar-refractivity contribution in [2.24, 2.45) is 0 Å². The summed E-state index contributed by atoms with van der Waals surface area (Å²) in [6, 6.07) is 7.78. The number of phenols is 2. The molecule has 2 aromatic carbocycles. The molecule has 0 aliphatic rings. The van der Waals surface area contributed by atoms with Crippen molar-refractivity contribution < 1.29 is 49.1 Å². The number of benzene rings is 2. The Bertz CT molecular complexity index is 1090. The predicted molar refractivity (Wildman–Crippen MR) is 123 cm³/mol. The van der Waals surface area contributed by atoms with E-state index < -0.39 is 40.4 Å². The lowest BCUT2D eigenvalue weighted by atomic mass is 10.1. The Morgan fingerprint density at radius 1 is 0.886 bits per heavy atom. The molecule has 0 aliphatic carbocycles. The minimum absolute atomic E-state index is 0.123. The van der Waals surface area contributed by atoms with E-state index in [1.54, 1.807) is 19.1 Å². The summed E-state index contributed by atoms with van der Waals surface area (Å²) < 4.78 is 23.4. The Hall–Kier alpha value is -1.82. The summed E-state index contributed by atoms with van der Waals surface area (Å²) in [5.74, 6) is -0.342. The van der Waals surface area contributed by atoms with Crippen LogP contribution in [0.5, 0.6) is 11.5 Å². The number of phenolic OH excluding ortho intramolecular Hbond substituents is 2. The van der Waals surface area contributed by atoms with Gasteiger partial charge in [-0.25, -0.2) is 0 Å². The molecule has 0 bridgehead atoms. The smallest absolute Gasteiger partial charge is 0.146 e. The lowest BCUT2D eigenvalue weighted by Gasteiger charge is -2.37. The van der Waals surface area contributed by atoms with Crippen molar-refractivity contribution in [2.45, 2.75) is 32.7 Å². The molecular formula is C21H30N2O10P2-2. The molecule has 0 aliphatic heterocycles. The van der Waals surface area contributed by atoms with Gasteiger partial charge in [0.15, 0.2) is 0 Å². The van der Waals surface area contributed by atoms with E-state index in [0.717, 1.165) is 10.5 Å². The zero-order valence-corrected chi connectivity index (χ0v) is 20.9. The van der Waals surface area contributed by atoms with E-state index in [1.807, 2.05) is 0 Å². The summed E-state index contributed by atoms with van der Waals surface area (Å²) in [6.45, 7) is -0.00219. The van der Waals surface area contributed by atoms with E-state index >= 15 is 0 Å². The highest BCUT2D eigenvalue weighted by molar-refractivity contribution is 7.50. The van der Waals surface area contributed by atoms with Crippen molar-refractivity contribution in [3.05, 3.63) is 58.7 Å². The van der Waals surface area contributed by atoms with Gasteiger partial charge in [-0.3, -0.25) is 9.80 Å². The highest BCUT2D eigenvalue weighted by Gasteiger charge is 2.26. The molecule has 196 valence electrons. The van der Waals surface area contributed by atoms with E-state index in [4.69, 9.17) is 0 Å². The lowest BCUT2D eigenvalue weighted by molar-refractivity contribution is -0.198. The van der Waals surface area contributed by atoms with E-state index in [1.165, 1.54) is 29.2 Å². The zero-order valence-electron chi connectivity index (χ0n) is 19.1. The maximum atomic E-state index is 11.7. The molecule has 0 spiro atoms. The first-order chi connectivity index (χ1) is 16.2. The van der Waals surface area contributed by atoms with Crippen LogP contribution in [0.25, 0.3) is 0 Å². The van der Waals surface area contributed by atoms with Gasteiger partial charge in [0.05, 0.1) is 25.8 Å². The van der Waals surface area contributed by atoms with Crippen molar-refractivity contribution in [3.8, 4) is 11.5 Å². The van der Waals surface area contributed by atoms with Crippen LogP contribution in [0.15, 0.2) is 36.4 Å². The summed E-state index contributed by atoms with van der Waals surface area (Å²) in [5.41, 5.74) is 1.74. The third kappa shape index (κ3) is 9.98. The van der Waals surface area contributed by atoms with Gasteiger partial charge in [-0.2, -0.15) is 0 Å². The standard InChI is InChI=1S/C21H32N2O10P2/c1-15-2-4-20(26)17(6-15)8-22(13-34(28,29)30)10-19(12-25)23(14-35(31,32)33)9-18-7-16(11-24)3-5-21(18)27/h2-7,19,24-27H,8-14H2,1H3,(H2,28,29,30)(H2,31,32,33)/p-2. The predicted octanol–water partition coefficient (Wildman–Crippen LogP) is -0.430. The van der Waals surface area contributed by atoms with Gasteiger partial charge >= 0.3 is 0 Å². The minimum atomic E-state index is -4.92. The van der Waals surface area contributed by atoms with Gasteiger partial charge in [0.25, 0.3) is 0 Å². The SMILES string of the molecule is Cc1ccc(O)c(CN(CC(CO)N(Cc2cc(CO)ccc2O)CP(=O)([O-])O)CP(=O)([O-])O)c1. The quantitative estimate of drug-likeness (QED) is 0.182. The van der Waals surface area contributed by atoms with Crippen LogP contribution in [0, 0.1) is 6.92 Å². The fraction of sp³-hybridized carbons (Fsp3) is 0.429. The molecule has 0 amide bonds. The molecule has 14 heteroatoms. The molecule has 0 fully saturated rings. The first-order valence-corrected chi connectivity index (χ1v) is 14.1. The van der Waals surface area contributed by atoms with Gasteiger partial charge in [0.1, 0.15) is 26.7 Å².